The van der Waals surface area contributed by atoms with Crippen molar-refractivity contribution in [2.45, 2.75) is 45.4 Å². The molecule has 0 fully saturated rings. The molecule has 0 aliphatic carbocycles. The van der Waals surface area contributed by atoms with Crippen LogP contribution in [-0.4, -0.2) is 0 Å². The van der Waals surface area contributed by atoms with E-state index in [1.54, 1.807) is 11.1 Å². The van der Waals surface area contributed by atoms with Crippen LogP contribution < -0.4 is 0 Å². The summed E-state index contributed by atoms with van der Waals surface area (Å²) in [6.45, 7) is 6.74. The van der Waals surface area contributed by atoms with Crippen LogP contribution in [0.5, 0.6) is 0 Å². The van der Waals surface area contributed by atoms with Crippen LogP contribution in [0.25, 0.3) is 0 Å². The van der Waals surface area contributed by atoms with Crippen molar-refractivity contribution in [3.05, 3.63) is 34.4 Å². The molecule has 86 valence electrons. The predicted molar refractivity (Wildman–Crippen MR) is 78.3 cm³/mol. The van der Waals surface area contributed by atoms with Gasteiger partial charge in [-0.3, -0.25) is 0 Å². The van der Waals surface area contributed by atoms with E-state index >= 15 is 0 Å². The lowest BCUT2D eigenvalue weighted by Gasteiger charge is -2.15. The van der Waals surface area contributed by atoms with Gasteiger partial charge in [0.25, 0.3) is 0 Å². The maximum atomic E-state index is 3.56. The van der Waals surface area contributed by atoms with Gasteiger partial charge in [-0.1, -0.05) is 48.8 Å². The molecule has 0 N–H and O–H groups in total. The zero-order chi connectivity index (χ0) is 10.6. The summed E-state index contributed by atoms with van der Waals surface area (Å²) in [4.78, 5) is 0. The van der Waals surface area contributed by atoms with Gasteiger partial charge in [0.2, 0.25) is 0 Å². The van der Waals surface area contributed by atoms with Gasteiger partial charge in [-0.05, 0) is 41.5 Å². The first-order chi connectivity index (χ1) is 6.78. The molecule has 2 heteroatoms. The van der Waals surface area contributed by atoms with Gasteiger partial charge in [-0.25, -0.2) is 0 Å². The van der Waals surface area contributed by atoms with Crippen LogP contribution in [0, 0.1) is 0 Å². The highest BCUT2D eigenvalue weighted by atomic mass is 79.9. The van der Waals surface area contributed by atoms with Crippen molar-refractivity contribution in [1.29, 1.82) is 0 Å². The standard InChI is InChI=1S/C13H19Br.H3P/c1-4-10-7-8-11(9-14)13(6-3)12(10)5-2;/h7-8H,4-6,9H2,1-3H3;1H3. The Bertz CT molecular complexity index is 277. The molecule has 0 saturated heterocycles. The number of hydrogen-bond donors (Lipinski definition) is 0. The molecule has 0 saturated carbocycles. The molecule has 0 aliphatic rings. The van der Waals surface area contributed by atoms with Crippen molar-refractivity contribution in [3.63, 3.8) is 0 Å². The Hall–Kier alpha value is 0.130. The molecule has 0 heterocycles. The largest absolute Gasteiger partial charge is 0.153 e. The van der Waals surface area contributed by atoms with Crippen LogP contribution in [-0.2, 0) is 24.6 Å². The summed E-state index contributed by atoms with van der Waals surface area (Å²) in [6, 6.07) is 4.56. The number of benzene rings is 1. The number of hydrogen-bond acceptors (Lipinski definition) is 0. The molecular weight excluding hydrogens is 267 g/mol. The van der Waals surface area contributed by atoms with Crippen molar-refractivity contribution in [2.24, 2.45) is 0 Å². The van der Waals surface area contributed by atoms with E-state index in [0.29, 0.717) is 0 Å². The summed E-state index contributed by atoms with van der Waals surface area (Å²) in [5.41, 5.74) is 6.12. The molecule has 0 aromatic heterocycles. The molecular formula is C13H22BrP. The van der Waals surface area contributed by atoms with Gasteiger partial charge >= 0.3 is 0 Å². The Morgan fingerprint density at radius 2 is 1.33 bits per heavy atom. The monoisotopic (exact) mass is 288 g/mol. The Morgan fingerprint density at radius 3 is 1.73 bits per heavy atom. The van der Waals surface area contributed by atoms with E-state index in [0.717, 1.165) is 24.6 Å². The molecule has 0 nitrogen and oxygen atoms in total. The van der Waals surface area contributed by atoms with Gasteiger partial charge in [0.1, 0.15) is 0 Å². The lowest BCUT2D eigenvalue weighted by molar-refractivity contribution is 0.966. The smallest absolute Gasteiger partial charge is 0.0285 e. The molecule has 1 aromatic carbocycles. The Balaban J connectivity index is 0.00000196. The Labute approximate surface area is 106 Å². The second-order valence-electron chi connectivity index (χ2n) is 3.54. The minimum Gasteiger partial charge on any atom is -0.153 e. The summed E-state index contributed by atoms with van der Waals surface area (Å²) >= 11 is 3.56. The van der Waals surface area contributed by atoms with Gasteiger partial charge in [0, 0.05) is 5.33 Å². The molecule has 0 bridgehead atoms. The Morgan fingerprint density at radius 1 is 0.867 bits per heavy atom. The molecule has 0 amide bonds. The second kappa shape index (κ2) is 7.41. The molecule has 0 spiro atoms. The fraction of sp³-hybridized carbons (Fsp3) is 0.538. The van der Waals surface area contributed by atoms with Crippen molar-refractivity contribution in [1.82, 2.24) is 0 Å². The predicted octanol–water partition coefficient (Wildman–Crippen LogP) is 4.33. The third kappa shape index (κ3) is 3.29. The lowest BCUT2D eigenvalue weighted by atomic mass is 9.92. The first-order valence-electron chi connectivity index (χ1n) is 5.46. The fourth-order valence-corrected chi connectivity index (χ4v) is 2.65. The molecule has 1 atom stereocenters. The third-order valence-electron chi connectivity index (χ3n) is 2.86. The quantitative estimate of drug-likeness (QED) is 0.572. The van der Waals surface area contributed by atoms with Gasteiger partial charge in [0.05, 0.1) is 0 Å². The highest BCUT2D eigenvalue weighted by molar-refractivity contribution is 9.08. The van der Waals surface area contributed by atoms with E-state index < -0.39 is 0 Å². The van der Waals surface area contributed by atoms with Crippen LogP contribution in [0.2, 0.25) is 0 Å². The number of rotatable bonds is 4. The topological polar surface area (TPSA) is 0 Å². The molecule has 1 aromatic rings. The molecule has 0 aliphatic heterocycles. The summed E-state index contributed by atoms with van der Waals surface area (Å²) in [5, 5.41) is 0.979. The summed E-state index contributed by atoms with van der Waals surface area (Å²) < 4.78 is 0. The summed E-state index contributed by atoms with van der Waals surface area (Å²) in [5.74, 6) is 0. The first-order valence-corrected chi connectivity index (χ1v) is 6.58. The van der Waals surface area contributed by atoms with Crippen molar-refractivity contribution in [3.8, 4) is 0 Å². The molecule has 15 heavy (non-hydrogen) atoms. The van der Waals surface area contributed by atoms with Crippen LogP contribution in [0.15, 0.2) is 12.1 Å². The number of aryl methyl sites for hydroxylation is 1. The van der Waals surface area contributed by atoms with Gasteiger partial charge < -0.3 is 0 Å². The second-order valence-corrected chi connectivity index (χ2v) is 4.10. The highest BCUT2D eigenvalue weighted by Gasteiger charge is 2.08. The molecule has 1 unspecified atom stereocenters. The number of halogens is 1. The van der Waals surface area contributed by atoms with E-state index in [9.17, 15) is 0 Å². The van der Waals surface area contributed by atoms with Gasteiger partial charge in [-0.2, -0.15) is 9.90 Å². The minimum absolute atomic E-state index is 0. The first kappa shape index (κ1) is 15.1. The maximum absolute atomic E-state index is 3.56. The zero-order valence-electron chi connectivity index (χ0n) is 10.1. The van der Waals surface area contributed by atoms with Gasteiger partial charge in [-0.15, -0.1) is 0 Å². The maximum Gasteiger partial charge on any atom is 0.0285 e. The van der Waals surface area contributed by atoms with E-state index in [2.05, 4.69) is 48.8 Å². The summed E-state index contributed by atoms with van der Waals surface area (Å²) in [7, 11) is 0. The van der Waals surface area contributed by atoms with E-state index in [1.807, 2.05) is 0 Å². The fourth-order valence-electron chi connectivity index (χ4n) is 2.13. The molecule has 1 rings (SSSR count). The van der Waals surface area contributed by atoms with E-state index in [-0.39, 0.29) is 9.90 Å². The van der Waals surface area contributed by atoms with E-state index in [4.69, 9.17) is 0 Å². The summed E-state index contributed by atoms with van der Waals surface area (Å²) in [6.07, 6.45) is 3.46. The third-order valence-corrected chi connectivity index (χ3v) is 3.46. The van der Waals surface area contributed by atoms with Crippen molar-refractivity contribution in [2.75, 3.05) is 0 Å². The van der Waals surface area contributed by atoms with Gasteiger partial charge in [0.15, 0.2) is 0 Å². The van der Waals surface area contributed by atoms with Crippen molar-refractivity contribution >= 4 is 25.8 Å². The number of alkyl halides is 1. The van der Waals surface area contributed by atoms with Crippen LogP contribution in [0.1, 0.15) is 43.0 Å². The minimum atomic E-state index is 0. The zero-order valence-corrected chi connectivity index (χ0v) is 13.1. The van der Waals surface area contributed by atoms with Crippen molar-refractivity contribution < 1.29 is 0 Å². The van der Waals surface area contributed by atoms with Crippen LogP contribution in [0.3, 0.4) is 0 Å². The van der Waals surface area contributed by atoms with E-state index in [1.165, 1.54) is 11.1 Å². The SMILES string of the molecule is CCc1ccc(CBr)c(CC)c1CC.P. The molecule has 0 radical (unpaired) electrons. The lowest BCUT2D eigenvalue weighted by Crippen LogP contribution is -2.01. The highest BCUT2D eigenvalue weighted by Crippen LogP contribution is 2.23. The van der Waals surface area contributed by atoms with Crippen LogP contribution >= 0.6 is 25.8 Å². The Kier molecular flexibility index (Phi) is 7.48. The van der Waals surface area contributed by atoms with Crippen LogP contribution in [0.4, 0.5) is 0 Å². The average molecular weight is 289 g/mol. The normalized spacial score (nSPS) is 9.87. The average Bonchev–Trinajstić information content (AvgIpc) is 2.26.